The second-order valence-corrected chi connectivity index (χ2v) is 7.07. The topological polar surface area (TPSA) is 54.4 Å². The molecule has 0 aliphatic heterocycles. The van der Waals surface area contributed by atoms with Gasteiger partial charge >= 0.3 is 0 Å². The van der Waals surface area contributed by atoms with Crippen LogP contribution in [-0.2, 0) is 16.0 Å². The van der Waals surface area contributed by atoms with Crippen LogP contribution < -0.4 is 0 Å². The van der Waals surface area contributed by atoms with Crippen LogP contribution in [0.1, 0.15) is 57.1 Å². The quantitative estimate of drug-likeness (QED) is 0.834. The molecule has 3 rings (SSSR count). The minimum Gasteiger partial charge on any atom is -0.508 e. The molecule has 2 aliphatic carbocycles. The van der Waals surface area contributed by atoms with Gasteiger partial charge in [0.2, 0.25) is 0 Å². The number of phenols is 1. The number of aromatic hydroxyl groups is 1. The first kappa shape index (κ1) is 16.0. The van der Waals surface area contributed by atoms with Gasteiger partial charge in [-0.05, 0) is 60.6 Å². The molecule has 0 fully saturated rings. The van der Waals surface area contributed by atoms with Crippen LogP contribution in [0.2, 0.25) is 0 Å². The standard InChI is InChI=1S/C20H24O3/c1-3-4-8-20-11-14(7-9-21)19(23)13(2)18(20)17-6-5-16(22)10-15(17)12-20/h5-6,9-10,14,22H,3-4,7-8,11-12H2,1-2H3. The van der Waals surface area contributed by atoms with E-state index >= 15 is 0 Å². The first-order chi connectivity index (χ1) is 11.0. The lowest BCUT2D eigenvalue weighted by Crippen LogP contribution is -2.34. The number of ketones is 1. The van der Waals surface area contributed by atoms with Gasteiger partial charge in [0.25, 0.3) is 0 Å². The van der Waals surface area contributed by atoms with E-state index in [1.165, 1.54) is 5.57 Å². The Hall–Kier alpha value is -1.90. The molecule has 0 amide bonds. The SMILES string of the molecule is CCCCC12Cc3cc(O)ccc3C1=C(C)C(=O)C(CC=O)C2. The van der Waals surface area contributed by atoms with E-state index in [1.807, 2.05) is 19.1 Å². The van der Waals surface area contributed by atoms with Crippen LogP contribution >= 0.6 is 0 Å². The number of rotatable bonds is 5. The van der Waals surface area contributed by atoms with Gasteiger partial charge in [-0.25, -0.2) is 0 Å². The van der Waals surface area contributed by atoms with Crippen LogP contribution in [0.4, 0.5) is 0 Å². The van der Waals surface area contributed by atoms with Crippen molar-refractivity contribution in [1.29, 1.82) is 0 Å². The number of hydrogen-bond acceptors (Lipinski definition) is 3. The van der Waals surface area contributed by atoms with Crippen LogP contribution in [-0.4, -0.2) is 17.2 Å². The number of carbonyl (C=O) groups excluding carboxylic acids is 2. The Kier molecular flexibility index (Phi) is 4.13. The molecular formula is C20H24O3. The van der Waals surface area contributed by atoms with E-state index in [4.69, 9.17) is 0 Å². The number of Topliss-reactive ketones (excluding diaryl/α,β-unsaturated/α-hetero) is 1. The predicted octanol–water partition coefficient (Wildman–Crippen LogP) is 4.08. The molecule has 0 aromatic heterocycles. The third kappa shape index (κ3) is 2.52. The summed E-state index contributed by atoms with van der Waals surface area (Å²) in [6.07, 6.45) is 6.08. The van der Waals surface area contributed by atoms with Crippen molar-refractivity contribution < 1.29 is 14.7 Å². The number of carbonyl (C=O) groups is 2. The summed E-state index contributed by atoms with van der Waals surface area (Å²) in [4.78, 5) is 23.7. The molecule has 0 saturated carbocycles. The van der Waals surface area contributed by atoms with E-state index < -0.39 is 0 Å². The highest BCUT2D eigenvalue weighted by Crippen LogP contribution is 2.58. The Balaban J connectivity index is 2.13. The molecule has 122 valence electrons. The molecule has 2 aliphatic rings. The highest BCUT2D eigenvalue weighted by atomic mass is 16.3. The van der Waals surface area contributed by atoms with Crippen LogP contribution in [0.5, 0.6) is 5.75 Å². The van der Waals surface area contributed by atoms with Crippen molar-refractivity contribution in [2.45, 2.75) is 52.4 Å². The van der Waals surface area contributed by atoms with Crippen LogP contribution in [0.3, 0.4) is 0 Å². The summed E-state index contributed by atoms with van der Waals surface area (Å²) in [7, 11) is 0. The molecule has 1 aromatic carbocycles. The summed E-state index contributed by atoms with van der Waals surface area (Å²) in [5, 5.41) is 9.81. The Morgan fingerprint density at radius 3 is 2.87 bits per heavy atom. The summed E-state index contributed by atoms with van der Waals surface area (Å²) in [6.45, 7) is 4.09. The van der Waals surface area contributed by atoms with Crippen molar-refractivity contribution in [2.75, 3.05) is 0 Å². The largest absolute Gasteiger partial charge is 0.508 e. The molecule has 0 bridgehead atoms. The number of aldehydes is 1. The molecular weight excluding hydrogens is 288 g/mol. The third-order valence-electron chi connectivity index (χ3n) is 5.56. The van der Waals surface area contributed by atoms with Crippen molar-refractivity contribution in [3.63, 3.8) is 0 Å². The average molecular weight is 312 g/mol. The molecule has 3 heteroatoms. The summed E-state index contributed by atoms with van der Waals surface area (Å²) in [5.74, 6) is 0.221. The molecule has 1 N–H and O–H groups in total. The van der Waals surface area contributed by atoms with E-state index in [9.17, 15) is 14.7 Å². The summed E-state index contributed by atoms with van der Waals surface area (Å²) >= 11 is 0. The van der Waals surface area contributed by atoms with Crippen LogP contribution in [0, 0.1) is 11.3 Å². The van der Waals surface area contributed by atoms with Gasteiger partial charge in [0, 0.05) is 17.8 Å². The number of benzene rings is 1. The zero-order valence-corrected chi connectivity index (χ0v) is 13.9. The lowest BCUT2D eigenvalue weighted by molar-refractivity contribution is -0.123. The van der Waals surface area contributed by atoms with Crippen molar-refractivity contribution in [2.24, 2.45) is 11.3 Å². The third-order valence-corrected chi connectivity index (χ3v) is 5.56. The van der Waals surface area contributed by atoms with E-state index in [0.717, 1.165) is 55.1 Å². The first-order valence-electron chi connectivity index (χ1n) is 8.54. The fraction of sp³-hybridized carbons (Fsp3) is 0.500. The maximum Gasteiger partial charge on any atom is 0.162 e. The van der Waals surface area contributed by atoms with Crippen molar-refractivity contribution in [3.05, 3.63) is 34.9 Å². The Labute approximate surface area is 137 Å². The Morgan fingerprint density at radius 2 is 2.17 bits per heavy atom. The van der Waals surface area contributed by atoms with E-state index in [1.54, 1.807) is 6.07 Å². The van der Waals surface area contributed by atoms with Gasteiger partial charge in [0.15, 0.2) is 5.78 Å². The second kappa shape index (κ2) is 5.95. The molecule has 2 unspecified atom stereocenters. The molecule has 2 atom stereocenters. The predicted molar refractivity (Wildman–Crippen MR) is 90.2 cm³/mol. The Bertz CT molecular complexity index is 686. The Morgan fingerprint density at radius 1 is 1.39 bits per heavy atom. The minimum absolute atomic E-state index is 0.0438. The highest BCUT2D eigenvalue weighted by molar-refractivity contribution is 6.07. The fourth-order valence-electron chi connectivity index (χ4n) is 4.61. The molecule has 3 nitrogen and oxygen atoms in total. The molecule has 0 heterocycles. The summed E-state index contributed by atoms with van der Waals surface area (Å²) in [6, 6.07) is 5.49. The maximum atomic E-state index is 12.7. The lowest BCUT2D eigenvalue weighted by atomic mass is 9.63. The lowest BCUT2D eigenvalue weighted by Gasteiger charge is -2.39. The normalized spacial score (nSPS) is 26.2. The van der Waals surface area contributed by atoms with Gasteiger partial charge in [0.05, 0.1) is 0 Å². The number of fused-ring (bicyclic) bond motifs is 3. The van der Waals surface area contributed by atoms with Gasteiger partial charge in [-0.15, -0.1) is 0 Å². The number of allylic oxidation sites excluding steroid dienone is 2. The van der Waals surface area contributed by atoms with E-state index in [2.05, 4.69) is 6.92 Å². The maximum absolute atomic E-state index is 12.7. The average Bonchev–Trinajstić information content (AvgIpc) is 2.84. The van der Waals surface area contributed by atoms with Gasteiger partial charge in [-0.1, -0.05) is 25.8 Å². The number of unbranched alkanes of at least 4 members (excludes halogenated alkanes) is 1. The minimum atomic E-state index is -0.184. The van der Waals surface area contributed by atoms with Gasteiger partial charge in [-0.2, -0.15) is 0 Å². The molecule has 1 aromatic rings. The van der Waals surface area contributed by atoms with Crippen molar-refractivity contribution in [1.82, 2.24) is 0 Å². The molecule has 0 saturated heterocycles. The smallest absolute Gasteiger partial charge is 0.162 e. The van der Waals surface area contributed by atoms with Gasteiger partial charge < -0.3 is 9.90 Å². The monoisotopic (exact) mass is 312 g/mol. The van der Waals surface area contributed by atoms with E-state index in [0.29, 0.717) is 6.42 Å². The highest BCUT2D eigenvalue weighted by Gasteiger charge is 2.48. The number of hydrogen-bond donors (Lipinski definition) is 1. The molecule has 23 heavy (non-hydrogen) atoms. The van der Waals surface area contributed by atoms with Crippen LogP contribution in [0.25, 0.3) is 5.57 Å². The van der Waals surface area contributed by atoms with Crippen molar-refractivity contribution >= 4 is 17.6 Å². The van der Waals surface area contributed by atoms with E-state index in [-0.39, 0.29) is 22.9 Å². The second-order valence-electron chi connectivity index (χ2n) is 7.07. The van der Waals surface area contributed by atoms with Crippen molar-refractivity contribution in [3.8, 4) is 5.75 Å². The fourth-order valence-corrected chi connectivity index (χ4v) is 4.61. The molecule has 0 spiro atoms. The first-order valence-corrected chi connectivity index (χ1v) is 8.54. The van der Waals surface area contributed by atoms with Gasteiger partial charge in [-0.3, -0.25) is 4.79 Å². The van der Waals surface area contributed by atoms with Crippen LogP contribution in [0.15, 0.2) is 23.8 Å². The number of phenolic OH excluding ortho intramolecular Hbond substituents is 1. The zero-order chi connectivity index (χ0) is 16.6. The summed E-state index contributed by atoms with van der Waals surface area (Å²) < 4.78 is 0. The summed E-state index contributed by atoms with van der Waals surface area (Å²) in [5.41, 5.74) is 4.21. The zero-order valence-electron chi connectivity index (χ0n) is 13.9. The molecule has 0 radical (unpaired) electrons. The van der Waals surface area contributed by atoms with Gasteiger partial charge in [0.1, 0.15) is 12.0 Å².